The monoisotopic (exact) mass is 227 g/mol. The molecule has 3 unspecified atom stereocenters. The highest BCUT2D eigenvalue weighted by Crippen LogP contribution is 2.22. The first-order valence-electron chi connectivity index (χ1n) is 7.12. The summed E-state index contributed by atoms with van der Waals surface area (Å²) in [5.41, 5.74) is 0. The molecular weight excluding hydrogens is 198 g/mol. The first kappa shape index (κ1) is 14.0. The number of hydrogen-bond acceptors (Lipinski definition) is 2. The SMILES string of the molecule is CCCCCC(C)NCC1CCOC1CC. The molecule has 0 amide bonds. The summed E-state index contributed by atoms with van der Waals surface area (Å²) in [6.07, 6.45) is 8.29. The Morgan fingerprint density at radius 2 is 2.12 bits per heavy atom. The Morgan fingerprint density at radius 1 is 1.31 bits per heavy atom. The topological polar surface area (TPSA) is 21.3 Å². The molecule has 3 atom stereocenters. The maximum absolute atomic E-state index is 5.71. The Balaban J connectivity index is 2.08. The Kier molecular flexibility index (Phi) is 7.06. The van der Waals surface area contributed by atoms with Gasteiger partial charge in [0.15, 0.2) is 0 Å². The fraction of sp³-hybridized carbons (Fsp3) is 1.00. The zero-order valence-electron chi connectivity index (χ0n) is 11.3. The van der Waals surface area contributed by atoms with Crippen molar-refractivity contribution in [3.63, 3.8) is 0 Å². The van der Waals surface area contributed by atoms with E-state index >= 15 is 0 Å². The average molecular weight is 227 g/mol. The second-order valence-corrected chi connectivity index (χ2v) is 5.17. The smallest absolute Gasteiger partial charge is 0.0613 e. The molecule has 0 aliphatic carbocycles. The molecule has 2 nitrogen and oxygen atoms in total. The lowest BCUT2D eigenvalue weighted by Gasteiger charge is -2.20. The summed E-state index contributed by atoms with van der Waals surface area (Å²) in [6.45, 7) is 8.92. The number of ether oxygens (including phenoxy) is 1. The average Bonchev–Trinajstić information content (AvgIpc) is 2.74. The maximum Gasteiger partial charge on any atom is 0.0613 e. The van der Waals surface area contributed by atoms with Crippen molar-refractivity contribution in [2.24, 2.45) is 5.92 Å². The van der Waals surface area contributed by atoms with E-state index in [1.807, 2.05) is 0 Å². The van der Waals surface area contributed by atoms with Gasteiger partial charge in [-0.1, -0.05) is 33.1 Å². The Bertz CT molecular complexity index is 172. The minimum atomic E-state index is 0.510. The van der Waals surface area contributed by atoms with Crippen LogP contribution < -0.4 is 5.32 Å². The van der Waals surface area contributed by atoms with E-state index in [0.717, 1.165) is 25.5 Å². The molecule has 1 fully saturated rings. The summed E-state index contributed by atoms with van der Waals surface area (Å²) in [6, 6.07) is 0.671. The first-order valence-corrected chi connectivity index (χ1v) is 7.12. The molecule has 0 aromatic heterocycles. The van der Waals surface area contributed by atoms with Crippen LogP contribution in [0.4, 0.5) is 0 Å². The van der Waals surface area contributed by atoms with Crippen molar-refractivity contribution in [1.29, 1.82) is 0 Å². The van der Waals surface area contributed by atoms with Gasteiger partial charge in [-0.25, -0.2) is 0 Å². The molecule has 0 spiro atoms. The maximum atomic E-state index is 5.71. The van der Waals surface area contributed by atoms with Gasteiger partial charge in [0.25, 0.3) is 0 Å². The highest BCUT2D eigenvalue weighted by Gasteiger charge is 2.26. The molecule has 1 saturated heterocycles. The van der Waals surface area contributed by atoms with E-state index in [1.54, 1.807) is 0 Å². The van der Waals surface area contributed by atoms with Crippen molar-refractivity contribution in [2.75, 3.05) is 13.2 Å². The molecule has 1 N–H and O–H groups in total. The quantitative estimate of drug-likeness (QED) is 0.642. The third-order valence-corrected chi connectivity index (χ3v) is 3.72. The Labute approximate surface area is 101 Å². The Morgan fingerprint density at radius 3 is 2.81 bits per heavy atom. The summed E-state index contributed by atoms with van der Waals surface area (Å²) in [5, 5.41) is 3.67. The van der Waals surface area contributed by atoms with Gasteiger partial charge in [-0.05, 0) is 32.1 Å². The molecular formula is C14H29NO. The van der Waals surface area contributed by atoms with Crippen LogP contribution in [0, 0.1) is 5.92 Å². The van der Waals surface area contributed by atoms with Crippen LogP contribution in [0.2, 0.25) is 0 Å². The molecule has 1 heterocycles. The van der Waals surface area contributed by atoms with E-state index in [2.05, 4.69) is 26.1 Å². The molecule has 96 valence electrons. The number of hydrogen-bond donors (Lipinski definition) is 1. The molecule has 1 aliphatic rings. The summed E-state index contributed by atoms with van der Waals surface area (Å²) in [4.78, 5) is 0. The van der Waals surface area contributed by atoms with Crippen LogP contribution in [0.5, 0.6) is 0 Å². The van der Waals surface area contributed by atoms with Crippen molar-refractivity contribution >= 4 is 0 Å². The molecule has 0 aromatic carbocycles. The predicted molar refractivity (Wildman–Crippen MR) is 69.7 cm³/mol. The normalized spacial score (nSPS) is 27.2. The van der Waals surface area contributed by atoms with Gasteiger partial charge in [0.05, 0.1) is 6.10 Å². The Hall–Kier alpha value is -0.0800. The van der Waals surface area contributed by atoms with Gasteiger partial charge < -0.3 is 10.1 Å². The summed E-state index contributed by atoms with van der Waals surface area (Å²) < 4.78 is 5.71. The van der Waals surface area contributed by atoms with Crippen LogP contribution in [-0.4, -0.2) is 25.3 Å². The van der Waals surface area contributed by atoms with E-state index in [4.69, 9.17) is 4.74 Å². The lowest BCUT2D eigenvalue weighted by atomic mass is 9.99. The third-order valence-electron chi connectivity index (χ3n) is 3.72. The zero-order chi connectivity index (χ0) is 11.8. The van der Waals surface area contributed by atoms with Crippen molar-refractivity contribution < 1.29 is 4.74 Å². The first-order chi connectivity index (χ1) is 7.77. The van der Waals surface area contributed by atoms with E-state index in [0.29, 0.717) is 12.1 Å². The van der Waals surface area contributed by atoms with Gasteiger partial charge in [-0.2, -0.15) is 0 Å². The van der Waals surface area contributed by atoms with Gasteiger partial charge in [-0.15, -0.1) is 0 Å². The zero-order valence-corrected chi connectivity index (χ0v) is 11.3. The molecule has 0 aromatic rings. The van der Waals surface area contributed by atoms with Crippen LogP contribution in [-0.2, 0) is 4.74 Å². The standard InChI is InChI=1S/C14H29NO/c1-4-6-7-8-12(3)15-11-13-9-10-16-14(13)5-2/h12-15H,4-11H2,1-3H3. The van der Waals surface area contributed by atoms with Crippen molar-refractivity contribution in [3.05, 3.63) is 0 Å². The number of rotatable bonds is 8. The van der Waals surface area contributed by atoms with Crippen LogP contribution >= 0.6 is 0 Å². The number of nitrogens with one attached hydrogen (secondary N) is 1. The van der Waals surface area contributed by atoms with Crippen molar-refractivity contribution in [2.45, 2.75) is 71.4 Å². The van der Waals surface area contributed by atoms with Gasteiger partial charge >= 0.3 is 0 Å². The second-order valence-electron chi connectivity index (χ2n) is 5.17. The predicted octanol–water partition coefficient (Wildman–Crippen LogP) is 3.36. The van der Waals surface area contributed by atoms with Crippen LogP contribution in [0.3, 0.4) is 0 Å². The minimum Gasteiger partial charge on any atom is -0.378 e. The summed E-state index contributed by atoms with van der Waals surface area (Å²) in [7, 11) is 0. The highest BCUT2D eigenvalue weighted by atomic mass is 16.5. The lowest BCUT2D eigenvalue weighted by molar-refractivity contribution is 0.0866. The molecule has 0 bridgehead atoms. The fourth-order valence-corrected chi connectivity index (χ4v) is 2.53. The van der Waals surface area contributed by atoms with Crippen molar-refractivity contribution in [1.82, 2.24) is 5.32 Å². The molecule has 0 radical (unpaired) electrons. The molecule has 1 aliphatic heterocycles. The van der Waals surface area contributed by atoms with Crippen LogP contribution in [0.1, 0.15) is 59.3 Å². The van der Waals surface area contributed by atoms with Crippen LogP contribution in [0.25, 0.3) is 0 Å². The minimum absolute atomic E-state index is 0.510. The molecule has 16 heavy (non-hydrogen) atoms. The highest BCUT2D eigenvalue weighted by molar-refractivity contribution is 4.78. The van der Waals surface area contributed by atoms with E-state index in [-0.39, 0.29) is 0 Å². The molecule has 1 rings (SSSR count). The van der Waals surface area contributed by atoms with Crippen LogP contribution in [0.15, 0.2) is 0 Å². The molecule has 0 saturated carbocycles. The van der Waals surface area contributed by atoms with E-state index < -0.39 is 0 Å². The lowest BCUT2D eigenvalue weighted by Crippen LogP contribution is -2.34. The summed E-state index contributed by atoms with van der Waals surface area (Å²) >= 11 is 0. The number of unbranched alkanes of at least 4 members (excludes halogenated alkanes) is 2. The third kappa shape index (κ3) is 4.84. The largest absolute Gasteiger partial charge is 0.378 e. The van der Waals surface area contributed by atoms with Gasteiger partial charge in [0, 0.05) is 19.2 Å². The second kappa shape index (κ2) is 8.08. The van der Waals surface area contributed by atoms with E-state index in [1.165, 1.54) is 32.1 Å². The summed E-state index contributed by atoms with van der Waals surface area (Å²) in [5.74, 6) is 0.749. The van der Waals surface area contributed by atoms with Gasteiger partial charge in [0.1, 0.15) is 0 Å². The van der Waals surface area contributed by atoms with Gasteiger partial charge in [0.2, 0.25) is 0 Å². The van der Waals surface area contributed by atoms with Gasteiger partial charge in [-0.3, -0.25) is 0 Å². The van der Waals surface area contributed by atoms with Crippen molar-refractivity contribution in [3.8, 4) is 0 Å². The fourth-order valence-electron chi connectivity index (χ4n) is 2.53. The molecule has 2 heteroatoms. The van der Waals surface area contributed by atoms with E-state index in [9.17, 15) is 0 Å².